The van der Waals surface area contributed by atoms with Gasteiger partial charge in [-0.05, 0) is 113 Å². The number of hydrogen-bond acceptors (Lipinski definition) is 2. The lowest BCUT2D eigenvalue weighted by atomic mass is 9.84. The molecule has 0 radical (unpaired) electrons. The Bertz CT molecular complexity index is 3190. The Balaban J connectivity index is 0.00000101. The van der Waals surface area contributed by atoms with Crippen LogP contribution in [0, 0.1) is 5.41 Å². The zero-order valence-corrected chi connectivity index (χ0v) is 31.5. The van der Waals surface area contributed by atoms with Gasteiger partial charge in [0.1, 0.15) is 11.2 Å². The molecule has 9 aromatic carbocycles. The van der Waals surface area contributed by atoms with E-state index in [1.54, 1.807) is 12.2 Å². The predicted octanol–water partition coefficient (Wildman–Crippen LogP) is 15.5. The summed E-state index contributed by atoms with van der Waals surface area (Å²) in [6, 6.07) is 59.8. The van der Waals surface area contributed by atoms with E-state index in [-0.39, 0.29) is 0 Å². The van der Waals surface area contributed by atoms with Crippen molar-refractivity contribution >= 4 is 76.3 Å². The van der Waals surface area contributed by atoms with E-state index >= 15 is 0 Å². The molecule has 0 saturated carbocycles. The number of furan rings is 1. The Hall–Kier alpha value is -7.55. The first-order valence-electron chi connectivity index (χ1n) is 19.1. The van der Waals surface area contributed by atoms with Crippen molar-refractivity contribution in [1.29, 1.82) is 5.41 Å². The minimum absolute atomic E-state index is 0.415. The van der Waals surface area contributed by atoms with Crippen LogP contribution < -0.4 is 0 Å². The minimum atomic E-state index is 0.415. The lowest BCUT2D eigenvalue weighted by molar-refractivity contribution is 0.669. The van der Waals surface area contributed by atoms with Gasteiger partial charge in [0.2, 0.25) is 0 Å². The average Bonchev–Trinajstić information content (AvgIpc) is 3.63. The lowest BCUT2D eigenvalue weighted by Gasteiger charge is -2.19. The maximum Gasteiger partial charge on any atom is 0.136 e. The zero-order chi connectivity index (χ0) is 38.9. The van der Waals surface area contributed by atoms with Crippen molar-refractivity contribution in [2.24, 2.45) is 0 Å². The summed E-state index contributed by atoms with van der Waals surface area (Å²) in [6.07, 6.45) is 7.14. The molecule has 0 bridgehead atoms. The van der Waals surface area contributed by atoms with E-state index in [0.29, 0.717) is 5.71 Å². The third-order valence-electron chi connectivity index (χ3n) is 10.8. The Morgan fingerprint density at radius 1 is 0.456 bits per heavy atom. The van der Waals surface area contributed by atoms with Crippen LogP contribution in [0.3, 0.4) is 0 Å². The molecule has 1 aromatic heterocycles. The van der Waals surface area contributed by atoms with Gasteiger partial charge in [0.25, 0.3) is 0 Å². The smallest absolute Gasteiger partial charge is 0.136 e. The normalized spacial score (nSPS) is 11.4. The van der Waals surface area contributed by atoms with Crippen LogP contribution in [0.15, 0.2) is 218 Å². The predicted molar refractivity (Wildman–Crippen MR) is 246 cm³/mol. The highest BCUT2D eigenvalue weighted by Gasteiger charge is 2.19. The first kappa shape index (κ1) is 35.2. The van der Waals surface area contributed by atoms with Crippen molar-refractivity contribution in [2.45, 2.75) is 0 Å². The summed E-state index contributed by atoms with van der Waals surface area (Å²) >= 11 is 0. The summed E-state index contributed by atoms with van der Waals surface area (Å²) in [5.41, 5.74) is 9.72. The van der Waals surface area contributed by atoms with Gasteiger partial charge in [-0.15, -0.1) is 0 Å². The average molecular weight is 730 g/mol. The van der Waals surface area contributed by atoms with Gasteiger partial charge in [0.15, 0.2) is 0 Å². The van der Waals surface area contributed by atoms with E-state index in [1.165, 1.54) is 49.2 Å². The molecule has 270 valence electrons. The lowest BCUT2D eigenvalue weighted by Crippen LogP contribution is -1.96. The second-order valence-corrected chi connectivity index (χ2v) is 14.2. The topological polar surface area (TPSA) is 37.0 Å². The van der Waals surface area contributed by atoms with Crippen LogP contribution in [0.1, 0.15) is 11.1 Å². The molecule has 0 spiro atoms. The van der Waals surface area contributed by atoms with Gasteiger partial charge in [0.05, 0.1) is 5.71 Å². The van der Waals surface area contributed by atoms with Crippen LogP contribution >= 0.6 is 0 Å². The number of allylic oxidation sites excluding steroid dienone is 5. The van der Waals surface area contributed by atoms with Crippen LogP contribution in [0.25, 0.3) is 92.9 Å². The highest BCUT2D eigenvalue weighted by molar-refractivity contribution is 6.23. The largest absolute Gasteiger partial charge is 0.456 e. The number of fused-ring (bicyclic) bond motifs is 7. The summed E-state index contributed by atoms with van der Waals surface area (Å²) in [6.45, 7) is 11.3. The zero-order valence-electron chi connectivity index (χ0n) is 31.5. The molecule has 0 aliphatic carbocycles. The van der Waals surface area contributed by atoms with E-state index < -0.39 is 0 Å². The summed E-state index contributed by atoms with van der Waals surface area (Å²) < 4.78 is 6.22. The standard InChI is InChI=1S/C51H33NO.C4H6/c1-32(23-27-47(52)36-24-28-48-45(30-36)46-29-34-15-5-6-16-35(34)31-49(46)53-48)50-40-19-9-11-21-42(40)51(43-22-12-10-20-41(43)50)44-26-25-37(33-13-3-2-4-14-33)38-17-7-8-18-39(38)44;1-3-4-2/h2-31,52H,1H2;3-4H,1-2H2/b27-23-,52-47?;. The highest BCUT2D eigenvalue weighted by Crippen LogP contribution is 2.45. The van der Waals surface area contributed by atoms with Gasteiger partial charge in [-0.2, -0.15) is 0 Å². The molecule has 1 heterocycles. The van der Waals surface area contributed by atoms with Crippen molar-refractivity contribution in [1.82, 2.24) is 0 Å². The molecule has 10 aromatic rings. The van der Waals surface area contributed by atoms with E-state index in [1.807, 2.05) is 30.4 Å². The fourth-order valence-corrected chi connectivity index (χ4v) is 8.14. The minimum Gasteiger partial charge on any atom is -0.456 e. The Morgan fingerprint density at radius 2 is 0.982 bits per heavy atom. The number of benzene rings is 9. The number of hydrogen-bond donors (Lipinski definition) is 1. The third-order valence-corrected chi connectivity index (χ3v) is 10.8. The van der Waals surface area contributed by atoms with E-state index in [2.05, 4.69) is 171 Å². The van der Waals surface area contributed by atoms with E-state index in [0.717, 1.165) is 54.8 Å². The molecule has 0 saturated heterocycles. The summed E-state index contributed by atoms with van der Waals surface area (Å²) in [5, 5.41) is 20.6. The second-order valence-electron chi connectivity index (χ2n) is 14.2. The van der Waals surface area contributed by atoms with Gasteiger partial charge in [-0.1, -0.05) is 177 Å². The molecular formula is C55H39NO. The van der Waals surface area contributed by atoms with Gasteiger partial charge < -0.3 is 9.83 Å². The number of rotatable bonds is 7. The van der Waals surface area contributed by atoms with Crippen molar-refractivity contribution in [3.05, 3.63) is 225 Å². The first-order valence-corrected chi connectivity index (χ1v) is 19.1. The van der Waals surface area contributed by atoms with Gasteiger partial charge >= 0.3 is 0 Å². The van der Waals surface area contributed by atoms with Crippen LogP contribution in [0.2, 0.25) is 0 Å². The molecule has 2 nitrogen and oxygen atoms in total. The summed E-state index contributed by atoms with van der Waals surface area (Å²) in [5.74, 6) is 0. The maximum atomic E-state index is 9.12. The van der Waals surface area contributed by atoms with E-state index in [4.69, 9.17) is 9.83 Å². The monoisotopic (exact) mass is 729 g/mol. The maximum absolute atomic E-state index is 9.12. The first-order chi connectivity index (χ1) is 28.0. The molecule has 0 unspecified atom stereocenters. The van der Waals surface area contributed by atoms with Crippen molar-refractivity contribution in [2.75, 3.05) is 0 Å². The molecule has 57 heavy (non-hydrogen) atoms. The molecule has 0 fully saturated rings. The quantitative estimate of drug-likeness (QED) is 0.0990. The van der Waals surface area contributed by atoms with Crippen molar-refractivity contribution in [3.63, 3.8) is 0 Å². The van der Waals surface area contributed by atoms with Crippen molar-refractivity contribution < 1.29 is 4.42 Å². The Labute approximate surface area is 332 Å². The molecule has 2 heteroatoms. The van der Waals surface area contributed by atoms with Crippen molar-refractivity contribution in [3.8, 4) is 22.3 Å². The van der Waals surface area contributed by atoms with Crippen LogP contribution in [-0.2, 0) is 0 Å². The van der Waals surface area contributed by atoms with Crippen LogP contribution in [0.4, 0.5) is 0 Å². The van der Waals surface area contributed by atoms with Gasteiger partial charge in [0, 0.05) is 16.3 Å². The SMILES string of the molecule is C=C(/C=C\C(=N)c1ccc2oc3cc4ccccc4cc3c2c1)c1c2ccccc2c(-c2ccc(-c3ccccc3)c3ccccc23)c2ccccc12.C=CC=C. The molecule has 10 rings (SSSR count). The van der Waals surface area contributed by atoms with Crippen LogP contribution in [0.5, 0.6) is 0 Å². The van der Waals surface area contributed by atoms with E-state index in [9.17, 15) is 0 Å². The van der Waals surface area contributed by atoms with Gasteiger partial charge in [-0.3, -0.25) is 0 Å². The fourth-order valence-electron chi connectivity index (χ4n) is 8.14. The molecule has 0 aliphatic rings. The summed E-state index contributed by atoms with van der Waals surface area (Å²) in [4.78, 5) is 0. The molecular weight excluding hydrogens is 691 g/mol. The molecule has 0 amide bonds. The third kappa shape index (κ3) is 6.34. The number of nitrogens with one attached hydrogen (secondary N) is 1. The Kier molecular flexibility index (Phi) is 9.22. The van der Waals surface area contributed by atoms with Gasteiger partial charge in [-0.25, -0.2) is 0 Å². The summed E-state index contributed by atoms with van der Waals surface area (Å²) in [7, 11) is 0. The van der Waals surface area contributed by atoms with Crippen LogP contribution in [-0.4, -0.2) is 5.71 Å². The second kappa shape index (κ2) is 14.9. The highest BCUT2D eigenvalue weighted by atomic mass is 16.3. The Morgan fingerprint density at radius 3 is 1.63 bits per heavy atom. The fraction of sp³-hybridized carbons (Fsp3) is 0. The molecule has 1 N–H and O–H groups in total. The molecule has 0 aliphatic heterocycles. The molecule has 0 atom stereocenters.